The standard InChI is InChI=1S/C21H22BrN3O4/c22-17-7-5-16(6-8-17)21(27)25-24-12-15-3-9-18(10-4-15)29-14-20(26)23-13-19-2-1-11-28-19/h3-10,12,19H,1-2,11,13-14H2,(H,23,26)(H,25,27)/b24-12-/t19-/m0/s1. The molecular formula is C21H22BrN3O4. The molecule has 29 heavy (non-hydrogen) atoms. The van der Waals surface area contributed by atoms with Crippen molar-refractivity contribution in [2.75, 3.05) is 19.8 Å². The van der Waals surface area contributed by atoms with Crippen molar-refractivity contribution in [2.24, 2.45) is 5.10 Å². The summed E-state index contributed by atoms with van der Waals surface area (Å²) in [6.45, 7) is 1.23. The van der Waals surface area contributed by atoms with Gasteiger partial charge in [-0.3, -0.25) is 9.59 Å². The van der Waals surface area contributed by atoms with Crippen LogP contribution < -0.4 is 15.5 Å². The fraction of sp³-hybridized carbons (Fsp3) is 0.286. The van der Waals surface area contributed by atoms with Gasteiger partial charge in [0.25, 0.3) is 11.8 Å². The predicted octanol–water partition coefficient (Wildman–Crippen LogP) is 2.89. The Balaban J connectivity index is 1.39. The third-order valence-electron chi connectivity index (χ3n) is 4.29. The first-order valence-corrected chi connectivity index (χ1v) is 10.1. The van der Waals surface area contributed by atoms with Crippen LogP contribution in [0.5, 0.6) is 5.75 Å². The number of halogens is 1. The normalized spacial score (nSPS) is 16.0. The Morgan fingerprint density at radius 1 is 1.17 bits per heavy atom. The minimum Gasteiger partial charge on any atom is -0.484 e. The smallest absolute Gasteiger partial charge is 0.271 e. The number of benzene rings is 2. The van der Waals surface area contributed by atoms with Gasteiger partial charge in [0.05, 0.1) is 12.3 Å². The summed E-state index contributed by atoms with van der Waals surface area (Å²) in [5, 5.41) is 6.76. The van der Waals surface area contributed by atoms with Gasteiger partial charge in [-0.15, -0.1) is 0 Å². The van der Waals surface area contributed by atoms with Crippen molar-refractivity contribution in [3.63, 3.8) is 0 Å². The van der Waals surface area contributed by atoms with Crippen LogP contribution in [0, 0.1) is 0 Å². The highest BCUT2D eigenvalue weighted by atomic mass is 79.9. The van der Waals surface area contributed by atoms with Crippen molar-refractivity contribution in [3.8, 4) is 5.75 Å². The summed E-state index contributed by atoms with van der Waals surface area (Å²) in [6, 6.07) is 14.1. The van der Waals surface area contributed by atoms with Gasteiger partial charge in [0, 0.05) is 23.2 Å². The number of nitrogens with one attached hydrogen (secondary N) is 2. The van der Waals surface area contributed by atoms with E-state index in [0.717, 1.165) is 29.5 Å². The van der Waals surface area contributed by atoms with E-state index in [1.807, 2.05) is 0 Å². The van der Waals surface area contributed by atoms with Gasteiger partial charge in [0.1, 0.15) is 5.75 Å². The molecule has 2 aromatic rings. The van der Waals surface area contributed by atoms with Crippen LogP contribution >= 0.6 is 15.9 Å². The van der Waals surface area contributed by atoms with Crippen molar-refractivity contribution in [2.45, 2.75) is 18.9 Å². The second-order valence-corrected chi connectivity index (χ2v) is 7.42. The lowest BCUT2D eigenvalue weighted by Crippen LogP contribution is -2.35. The van der Waals surface area contributed by atoms with E-state index in [9.17, 15) is 9.59 Å². The molecule has 1 aliphatic heterocycles. The topological polar surface area (TPSA) is 89.0 Å². The van der Waals surface area contributed by atoms with Crippen LogP contribution in [0.25, 0.3) is 0 Å². The number of carbonyl (C=O) groups excluding carboxylic acids is 2. The molecule has 2 N–H and O–H groups in total. The minimum atomic E-state index is -0.289. The molecule has 0 unspecified atom stereocenters. The Kier molecular flexibility index (Phi) is 7.77. The highest BCUT2D eigenvalue weighted by Crippen LogP contribution is 2.12. The van der Waals surface area contributed by atoms with E-state index < -0.39 is 0 Å². The molecule has 2 aromatic carbocycles. The lowest BCUT2D eigenvalue weighted by molar-refractivity contribution is -0.123. The maximum absolute atomic E-state index is 12.0. The molecule has 0 bridgehead atoms. The Bertz CT molecular complexity index is 847. The van der Waals surface area contributed by atoms with Gasteiger partial charge in [0.15, 0.2) is 6.61 Å². The summed E-state index contributed by atoms with van der Waals surface area (Å²) < 4.78 is 11.8. The van der Waals surface area contributed by atoms with Crippen LogP contribution in [-0.4, -0.2) is 43.9 Å². The van der Waals surface area contributed by atoms with Crippen LogP contribution in [0.3, 0.4) is 0 Å². The Morgan fingerprint density at radius 2 is 1.93 bits per heavy atom. The molecule has 1 saturated heterocycles. The van der Waals surface area contributed by atoms with Gasteiger partial charge in [-0.2, -0.15) is 5.10 Å². The zero-order valence-electron chi connectivity index (χ0n) is 15.8. The van der Waals surface area contributed by atoms with Gasteiger partial charge in [0.2, 0.25) is 0 Å². The van der Waals surface area contributed by atoms with Crippen LogP contribution in [0.2, 0.25) is 0 Å². The molecule has 3 rings (SSSR count). The van der Waals surface area contributed by atoms with E-state index in [1.54, 1.807) is 48.5 Å². The van der Waals surface area contributed by atoms with E-state index in [0.29, 0.717) is 17.9 Å². The van der Waals surface area contributed by atoms with Gasteiger partial charge in [-0.25, -0.2) is 5.43 Å². The Morgan fingerprint density at radius 3 is 2.62 bits per heavy atom. The zero-order valence-corrected chi connectivity index (χ0v) is 17.4. The summed E-state index contributed by atoms with van der Waals surface area (Å²) in [5.41, 5.74) is 3.79. The van der Waals surface area contributed by atoms with Crippen LogP contribution in [0.1, 0.15) is 28.8 Å². The maximum Gasteiger partial charge on any atom is 0.271 e. The number of amides is 2. The molecule has 1 fully saturated rings. The van der Waals surface area contributed by atoms with Crippen LogP contribution in [-0.2, 0) is 9.53 Å². The quantitative estimate of drug-likeness (QED) is 0.469. The van der Waals surface area contributed by atoms with Crippen molar-refractivity contribution >= 4 is 34.0 Å². The number of hydrogen-bond donors (Lipinski definition) is 2. The summed E-state index contributed by atoms with van der Waals surface area (Å²) in [5.74, 6) is 0.109. The maximum atomic E-state index is 12.0. The predicted molar refractivity (Wildman–Crippen MR) is 113 cm³/mol. The average Bonchev–Trinajstić information content (AvgIpc) is 3.26. The van der Waals surface area contributed by atoms with Crippen molar-refractivity contribution in [3.05, 3.63) is 64.1 Å². The monoisotopic (exact) mass is 459 g/mol. The third-order valence-corrected chi connectivity index (χ3v) is 4.82. The van der Waals surface area contributed by atoms with Crippen molar-refractivity contribution < 1.29 is 19.1 Å². The molecule has 0 aromatic heterocycles. The average molecular weight is 460 g/mol. The molecule has 152 valence electrons. The highest BCUT2D eigenvalue weighted by molar-refractivity contribution is 9.10. The second-order valence-electron chi connectivity index (χ2n) is 6.50. The zero-order chi connectivity index (χ0) is 20.5. The van der Waals surface area contributed by atoms with Crippen LogP contribution in [0.15, 0.2) is 58.1 Å². The lowest BCUT2D eigenvalue weighted by atomic mass is 10.2. The number of rotatable bonds is 8. The molecule has 1 aliphatic rings. The van der Waals surface area contributed by atoms with Gasteiger partial charge in [-0.1, -0.05) is 15.9 Å². The number of hydrogen-bond acceptors (Lipinski definition) is 5. The molecule has 1 heterocycles. The molecule has 0 spiro atoms. The molecule has 2 amide bonds. The van der Waals surface area contributed by atoms with Gasteiger partial charge < -0.3 is 14.8 Å². The SMILES string of the molecule is O=C(COc1ccc(/C=N\NC(=O)c2ccc(Br)cc2)cc1)NC[C@@H]1CCCO1. The van der Waals surface area contributed by atoms with Crippen molar-refractivity contribution in [1.82, 2.24) is 10.7 Å². The first-order chi connectivity index (χ1) is 14.1. The first-order valence-electron chi connectivity index (χ1n) is 9.30. The van der Waals surface area contributed by atoms with E-state index in [-0.39, 0.29) is 24.5 Å². The van der Waals surface area contributed by atoms with E-state index in [4.69, 9.17) is 9.47 Å². The summed E-state index contributed by atoms with van der Waals surface area (Å²) >= 11 is 3.33. The number of nitrogens with zero attached hydrogens (tertiary/aromatic N) is 1. The summed E-state index contributed by atoms with van der Waals surface area (Å²) in [6.07, 6.45) is 3.67. The fourth-order valence-electron chi connectivity index (χ4n) is 2.71. The van der Waals surface area contributed by atoms with Crippen LogP contribution in [0.4, 0.5) is 0 Å². The minimum absolute atomic E-state index is 0.0522. The Labute approximate surface area is 177 Å². The second kappa shape index (κ2) is 10.7. The van der Waals surface area contributed by atoms with E-state index >= 15 is 0 Å². The Hall–Kier alpha value is -2.71. The number of ether oxygens (including phenoxy) is 2. The van der Waals surface area contributed by atoms with E-state index in [2.05, 4.69) is 31.8 Å². The molecule has 0 saturated carbocycles. The molecule has 1 atom stereocenters. The summed E-state index contributed by atoms with van der Waals surface area (Å²) in [4.78, 5) is 23.8. The molecular weight excluding hydrogens is 438 g/mol. The third kappa shape index (κ3) is 6.99. The lowest BCUT2D eigenvalue weighted by Gasteiger charge is -2.11. The van der Waals surface area contributed by atoms with Gasteiger partial charge in [-0.05, 0) is 66.9 Å². The molecule has 0 aliphatic carbocycles. The largest absolute Gasteiger partial charge is 0.484 e. The molecule has 7 nitrogen and oxygen atoms in total. The van der Waals surface area contributed by atoms with Gasteiger partial charge >= 0.3 is 0 Å². The fourth-order valence-corrected chi connectivity index (χ4v) is 2.98. The van der Waals surface area contributed by atoms with E-state index in [1.165, 1.54) is 6.21 Å². The molecule has 8 heteroatoms. The number of carbonyl (C=O) groups is 2. The highest BCUT2D eigenvalue weighted by Gasteiger charge is 2.16. The number of hydrazone groups is 1. The van der Waals surface area contributed by atoms with Crippen molar-refractivity contribution in [1.29, 1.82) is 0 Å². The molecule has 0 radical (unpaired) electrons. The first kappa shape index (κ1) is 21.0. The summed E-state index contributed by atoms with van der Waals surface area (Å²) in [7, 11) is 0.